The molecule has 1 amide bonds. The summed E-state index contributed by atoms with van der Waals surface area (Å²) in [4.78, 5) is 22.2. The zero-order chi connectivity index (χ0) is 17.3. The lowest BCUT2D eigenvalue weighted by Gasteiger charge is -2.13. The molecular weight excluding hydrogens is 322 g/mol. The van der Waals surface area contributed by atoms with Crippen molar-refractivity contribution in [1.82, 2.24) is 24.9 Å². The van der Waals surface area contributed by atoms with E-state index in [0.717, 1.165) is 21.8 Å². The van der Waals surface area contributed by atoms with Crippen molar-refractivity contribution in [2.45, 2.75) is 46.6 Å². The molecular formula is C17H21N5OS. The molecule has 0 bridgehead atoms. The van der Waals surface area contributed by atoms with Gasteiger partial charge in [-0.1, -0.05) is 6.07 Å². The van der Waals surface area contributed by atoms with E-state index in [0.29, 0.717) is 24.4 Å². The van der Waals surface area contributed by atoms with Crippen molar-refractivity contribution in [2.24, 2.45) is 0 Å². The highest BCUT2D eigenvalue weighted by molar-refractivity contribution is 7.10. The standard InChI is InChI=1S/C17H21N5OS/c1-10-14(12(3)22-17(19-10)20-13(4)21-22)7-8-16(23)18-11(2)15-6-5-9-24-15/h5-6,9,11H,7-8H2,1-4H3,(H,18,23)/t11-/m0/s1. The number of thiophene rings is 1. The average molecular weight is 343 g/mol. The molecule has 0 unspecified atom stereocenters. The normalized spacial score (nSPS) is 12.5. The van der Waals surface area contributed by atoms with E-state index in [1.54, 1.807) is 15.9 Å². The minimum atomic E-state index is 0.0401. The SMILES string of the molecule is Cc1nc2nc(C)c(CCC(=O)N[C@@H](C)c3cccs3)c(C)n2n1. The van der Waals surface area contributed by atoms with E-state index in [2.05, 4.69) is 20.4 Å². The van der Waals surface area contributed by atoms with Crippen LogP contribution in [0, 0.1) is 20.8 Å². The Balaban J connectivity index is 1.70. The number of hydrogen-bond donors (Lipinski definition) is 1. The van der Waals surface area contributed by atoms with Gasteiger partial charge in [0.1, 0.15) is 5.82 Å². The third kappa shape index (κ3) is 3.31. The van der Waals surface area contributed by atoms with E-state index in [9.17, 15) is 4.79 Å². The fourth-order valence-electron chi connectivity index (χ4n) is 2.83. The minimum Gasteiger partial charge on any atom is -0.349 e. The van der Waals surface area contributed by atoms with Gasteiger partial charge in [-0.3, -0.25) is 4.79 Å². The number of nitrogens with zero attached hydrogens (tertiary/aromatic N) is 4. The molecule has 0 fully saturated rings. The first-order chi connectivity index (χ1) is 11.5. The molecule has 3 aromatic heterocycles. The second kappa shape index (κ2) is 6.68. The van der Waals surface area contributed by atoms with Gasteiger partial charge in [0, 0.05) is 22.7 Å². The molecule has 1 N–H and O–H groups in total. The maximum atomic E-state index is 12.3. The summed E-state index contributed by atoms with van der Waals surface area (Å²) >= 11 is 1.65. The fraction of sp³-hybridized carbons (Fsp3) is 0.412. The molecule has 6 nitrogen and oxygen atoms in total. The molecule has 126 valence electrons. The van der Waals surface area contributed by atoms with Gasteiger partial charge in [-0.15, -0.1) is 11.3 Å². The highest BCUT2D eigenvalue weighted by atomic mass is 32.1. The van der Waals surface area contributed by atoms with Crippen LogP contribution in [-0.2, 0) is 11.2 Å². The molecule has 0 aliphatic heterocycles. The Morgan fingerprint density at radius 2 is 2.12 bits per heavy atom. The number of rotatable bonds is 5. The summed E-state index contributed by atoms with van der Waals surface area (Å²) in [5.74, 6) is 1.36. The summed E-state index contributed by atoms with van der Waals surface area (Å²) in [5.41, 5.74) is 2.97. The van der Waals surface area contributed by atoms with Crippen LogP contribution in [-0.4, -0.2) is 25.5 Å². The van der Waals surface area contributed by atoms with Gasteiger partial charge in [0.15, 0.2) is 0 Å². The Hall–Kier alpha value is -2.28. The van der Waals surface area contributed by atoms with Crippen LogP contribution in [0.4, 0.5) is 0 Å². The summed E-state index contributed by atoms with van der Waals surface area (Å²) in [6.45, 7) is 7.81. The molecule has 0 aliphatic rings. The second-order valence-corrected chi connectivity index (χ2v) is 6.92. The number of aryl methyl sites for hydroxylation is 3. The molecule has 0 saturated carbocycles. The van der Waals surface area contributed by atoms with Gasteiger partial charge in [0.25, 0.3) is 5.78 Å². The molecule has 0 radical (unpaired) electrons. The Morgan fingerprint density at radius 3 is 2.83 bits per heavy atom. The zero-order valence-electron chi connectivity index (χ0n) is 14.3. The maximum Gasteiger partial charge on any atom is 0.252 e. The number of carbonyl (C=O) groups is 1. The van der Waals surface area contributed by atoms with Crippen LogP contribution < -0.4 is 5.32 Å². The van der Waals surface area contributed by atoms with Crippen molar-refractivity contribution in [2.75, 3.05) is 0 Å². The van der Waals surface area contributed by atoms with E-state index in [-0.39, 0.29) is 11.9 Å². The number of fused-ring (bicyclic) bond motifs is 1. The van der Waals surface area contributed by atoms with Crippen LogP contribution >= 0.6 is 11.3 Å². The summed E-state index contributed by atoms with van der Waals surface area (Å²) in [6.07, 6.45) is 1.07. The average Bonchev–Trinajstić information content (AvgIpc) is 3.16. The van der Waals surface area contributed by atoms with Crippen LogP contribution in [0.3, 0.4) is 0 Å². The van der Waals surface area contributed by atoms with Crippen LogP contribution in [0.2, 0.25) is 0 Å². The van der Waals surface area contributed by atoms with Crippen molar-refractivity contribution in [3.05, 3.63) is 45.2 Å². The van der Waals surface area contributed by atoms with Crippen molar-refractivity contribution in [1.29, 1.82) is 0 Å². The van der Waals surface area contributed by atoms with Crippen LogP contribution in [0.15, 0.2) is 17.5 Å². The summed E-state index contributed by atoms with van der Waals surface area (Å²) in [5, 5.41) is 9.44. The smallest absolute Gasteiger partial charge is 0.252 e. The topological polar surface area (TPSA) is 72.2 Å². The van der Waals surface area contributed by atoms with E-state index >= 15 is 0 Å². The minimum absolute atomic E-state index is 0.0401. The van der Waals surface area contributed by atoms with Gasteiger partial charge in [0.05, 0.1) is 6.04 Å². The summed E-state index contributed by atoms with van der Waals surface area (Å²) in [7, 11) is 0. The molecule has 24 heavy (non-hydrogen) atoms. The Kier molecular flexibility index (Phi) is 4.62. The lowest BCUT2D eigenvalue weighted by Crippen LogP contribution is -2.26. The molecule has 0 saturated heterocycles. The number of hydrogen-bond acceptors (Lipinski definition) is 5. The second-order valence-electron chi connectivity index (χ2n) is 5.94. The first kappa shape index (κ1) is 16.6. The highest BCUT2D eigenvalue weighted by Gasteiger charge is 2.15. The van der Waals surface area contributed by atoms with Gasteiger partial charge in [0.2, 0.25) is 5.91 Å². The lowest BCUT2D eigenvalue weighted by atomic mass is 10.1. The molecule has 0 spiro atoms. The predicted molar refractivity (Wildman–Crippen MR) is 94.2 cm³/mol. The predicted octanol–water partition coefficient (Wildman–Crippen LogP) is 2.92. The summed E-state index contributed by atoms with van der Waals surface area (Å²) < 4.78 is 1.75. The number of aromatic nitrogens is 4. The first-order valence-corrected chi connectivity index (χ1v) is 8.86. The van der Waals surface area contributed by atoms with E-state index < -0.39 is 0 Å². The molecule has 3 heterocycles. The van der Waals surface area contributed by atoms with Crippen molar-refractivity contribution >= 4 is 23.0 Å². The molecule has 1 atom stereocenters. The molecule has 0 aromatic carbocycles. The fourth-order valence-corrected chi connectivity index (χ4v) is 3.57. The number of nitrogens with one attached hydrogen (secondary N) is 1. The first-order valence-electron chi connectivity index (χ1n) is 7.98. The molecule has 7 heteroatoms. The Labute approximate surface area is 145 Å². The summed E-state index contributed by atoms with van der Waals surface area (Å²) in [6, 6.07) is 4.07. The van der Waals surface area contributed by atoms with Crippen LogP contribution in [0.1, 0.15) is 47.0 Å². The van der Waals surface area contributed by atoms with Crippen molar-refractivity contribution in [3.8, 4) is 0 Å². The highest BCUT2D eigenvalue weighted by Crippen LogP contribution is 2.19. The van der Waals surface area contributed by atoms with Crippen molar-refractivity contribution < 1.29 is 4.79 Å². The maximum absolute atomic E-state index is 12.3. The monoisotopic (exact) mass is 343 g/mol. The van der Waals surface area contributed by atoms with Crippen LogP contribution in [0.25, 0.3) is 5.78 Å². The van der Waals surface area contributed by atoms with Gasteiger partial charge in [-0.2, -0.15) is 10.1 Å². The zero-order valence-corrected chi connectivity index (χ0v) is 15.1. The van der Waals surface area contributed by atoms with Gasteiger partial charge in [-0.25, -0.2) is 9.50 Å². The number of carbonyl (C=O) groups excluding carboxylic acids is 1. The van der Waals surface area contributed by atoms with Crippen molar-refractivity contribution in [3.63, 3.8) is 0 Å². The van der Waals surface area contributed by atoms with E-state index in [4.69, 9.17) is 0 Å². The van der Waals surface area contributed by atoms with Crippen LogP contribution in [0.5, 0.6) is 0 Å². The van der Waals surface area contributed by atoms with Gasteiger partial charge < -0.3 is 5.32 Å². The molecule has 3 aromatic rings. The quantitative estimate of drug-likeness (QED) is 0.773. The van der Waals surface area contributed by atoms with E-state index in [1.807, 2.05) is 45.2 Å². The third-order valence-electron chi connectivity index (χ3n) is 4.10. The lowest BCUT2D eigenvalue weighted by molar-refractivity contribution is -0.121. The van der Waals surface area contributed by atoms with Gasteiger partial charge in [-0.05, 0) is 51.1 Å². The molecule has 0 aliphatic carbocycles. The van der Waals surface area contributed by atoms with Gasteiger partial charge >= 0.3 is 0 Å². The molecule has 3 rings (SSSR count). The Bertz CT molecular complexity index is 869. The number of amides is 1. The largest absolute Gasteiger partial charge is 0.349 e. The van der Waals surface area contributed by atoms with E-state index in [1.165, 1.54) is 0 Å². The third-order valence-corrected chi connectivity index (χ3v) is 5.16. The Morgan fingerprint density at radius 1 is 1.33 bits per heavy atom.